The summed E-state index contributed by atoms with van der Waals surface area (Å²) in [5, 5.41) is 0. The zero-order chi connectivity index (χ0) is 10.8. The van der Waals surface area contributed by atoms with Crippen molar-refractivity contribution < 1.29 is 4.74 Å². The molecule has 0 aliphatic carbocycles. The van der Waals surface area contributed by atoms with Crippen molar-refractivity contribution in [2.24, 2.45) is 0 Å². The van der Waals surface area contributed by atoms with Crippen LogP contribution < -0.4 is 4.74 Å². The van der Waals surface area contributed by atoms with Crippen LogP contribution in [0.3, 0.4) is 0 Å². The van der Waals surface area contributed by atoms with Crippen molar-refractivity contribution in [2.75, 3.05) is 7.11 Å². The minimum atomic E-state index is 0.706. The number of aromatic amines is 1. The number of benzene rings is 1. The second kappa shape index (κ2) is 3.90. The first kappa shape index (κ1) is 9.98. The maximum atomic E-state index is 5.19. The van der Waals surface area contributed by atoms with E-state index in [0.29, 0.717) is 4.77 Å². The number of aromatic nitrogens is 2. The molecule has 3 nitrogen and oxygen atoms in total. The van der Waals surface area contributed by atoms with Gasteiger partial charge in [0.2, 0.25) is 0 Å². The fraction of sp³-hybridized carbons (Fsp3) is 0.182. The summed E-state index contributed by atoms with van der Waals surface area (Å²) in [5.74, 6) is 0.845. The number of ether oxygens (including phenoxy) is 1. The number of nitrogens with zero attached hydrogens (tertiary/aromatic N) is 1. The Morgan fingerprint density at radius 1 is 1.27 bits per heavy atom. The van der Waals surface area contributed by atoms with Gasteiger partial charge in [-0.15, -0.1) is 0 Å². The number of imidazole rings is 1. The van der Waals surface area contributed by atoms with Gasteiger partial charge in [0.1, 0.15) is 5.75 Å². The summed E-state index contributed by atoms with van der Waals surface area (Å²) in [4.78, 5) is 3.08. The number of rotatable bonds is 2. The number of H-pyrrole nitrogens is 1. The Labute approximate surface area is 93.3 Å². The molecule has 78 valence electrons. The van der Waals surface area contributed by atoms with Crippen molar-refractivity contribution in [1.82, 2.24) is 9.55 Å². The number of hydrogen-bond acceptors (Lipinski definition) is 2. The standard InChI is InChI=1S/C11H12N2OS/c1-8-7-13(11(15)12-8)9-3-5-10(14-2)6-4-9/h3-7H,1-2H3,(H,12,15). The number of nitrogens with one attached hydrogen (secondary N) is 1. The molecule has 0 fully saturated rings. The van der Waals surface area contributed by atoms with Crippen LogP contribution in [-0.4, -0.2) is 16.7 Å². The smallest absolute Gasteiger partial charge is 0.181 e. The third-order valence-corrected chi connectivity index (χ3v) is 2.50. The van der Waals surface area contributed by atoms with Crippen molar-refractivity contribution in [3.8, 4) is 11.4 Å². The van der Waals surface area contributed by atoms with E-state index in [1.165, 1.54) is 0 Å². The van der Waals surface area contributed by atoms with Crippen molar-refractivity contribution in [3.63, 3.8) is 0 Å². The Kier molecular flexibility index (Phi) is 2.60. The maximum Gasteiger partial charge on any atom is 0.181 e. The molecule has 1 aromatic carbocycles. The van der Waals surface area contributed by atoms with E-state index < -0.39 is 0 Å². The first-order valence-corrected chi connectivity index (χ1v) is 5.04. The van der Waals surface area contributed by atoms with E-state index in [1.54, 1.807) is 7.11 Å². The SMILES string of the molecule is COc1ccc(-n2cc(C)[nH]c2=S)cc1. The predicted octanol–water partition coefficient (Wildman–Crippen LogP) is 2.85. The zero-order valence-electron chi connectivity index (χ0n) is 8.65. The van der Waals surface area contributed by atoms with E-state index in [-0.39, 0.29) is 0 Å². The Hall–Kier alpha value is -1.55. The van der Waals surface area contributed by atoms with E-state index in [9.17, 15) is 0 Å². The molecular formula is C11H12N2OS. The molecule has 15 heavy (non-hydrogen) atoms. The summed E-state index contributed by atoms with van der Waals surface area (Å²) in [6.07, 6.45) is 1.98. The molecule has 0 radical (unpaired) electrons. The molecule has 2 rings (SSSR count). The van der Waals surface area contributed by atoms with Gasteiger partial charge in [0, 0.05) is 17.6 Å². The second-order valence-corrected chi connectivity index (χ2v) is 3.70. The zero-order valence-corrected chi connectivity index (χ0v) is 9.47. The Morgan fingerprint density at radius 3 is 2.40 bits per heavy atom. The molecule has 0 aliphatic heterocycles. The van der Waals surface area contributed by atoms with Crippen LogP contribution in [0.1, 0.15) is 5.69 Å². The van der Waals surface area contributed by atoms with Crippen LogP contribution in [0.2, 0.25) is 0 Å². The Bertz CT molecular complexity index is 510. The quantitative estimate of drug-likeness (QED) is 0.789. The van der Waals surface area contributed by atoms with E-state index in [1.807, 2.05) is 42.0 Å². The Morgan fingerprint density at radius 2 is 1.93 bits per heavy atom. The van der Waals surface area contributed by atoms with Crippen molar-refractivity contribution in [1.29, 1.82) is 0 Å². The molecule has 1 aromatic heterocycles. The first-order chi connectivity index (χ1) is 7.20. The molecule has 0 saturated heterocycles. The van der Waals surface area contributed by atoms with Crippen molar-refractivity contribution in [2.45, 2.75) is 6.92 Å². The third-order valence-electron chi connectivity index (χ3n) is 2.20. The van der Waals surface area contributed by atoms with Gasteiger partial charge in [0.05, 0.1) is 7.11 Å². The second-order valence-electron chi connectivity index (χ2n) is 3.31. The van der Waals surface area contributed by atoms with E-state index >= 15 is 0 Å². The summed E-state index contributed by atoms with van der Waals surface area (Å²) in [6, 6.07) is 7.78. The van der Waals surface area contributed by atoms with Crippen LogP contribution in [0, 0.1) is 11.7 Å². The minimum Gasteiger partial charge on any atom is -0.497 e. The molecule has 1 N–H and O–H groups in total. The molecule has 4 heteroatoms. The van der Waals surface area contributed by atoms with Crippen LogP contribution in [0.4, 0.5) is 0 Å². The van der Waals surface area contributed by atoms with Gasteiger partial charge in [-0.05, 0) is 43.4 Å². The highest BCUT2D eigenvalue weighted by Crippen LogP contribution is 2.15. The lowest BCUT2D eigenvalue weighted by Crippen LogP contribution is -1.92. The topological polar surface area (TPSA) is 29.9 Å². The average Bonchev–Trinajstić information content (AvgIpc) is 2.58. The van der Waals surface area contributed by atoms with Gasteiger partial charge in [-0.3, -0.25) is 4.57 Å². The molecule has 0 bridgehead atoms. The third kappa shape index (κ3) is 1.94. The number of methoxy groups -OCH3 is 1. The minimum absolute atomic E-state index is 0.706. The maximum absolute atomic E-state index is 5.19. The van der Waals surface area contributed by atoms with Gasteiger partial charge in [-0.1, -0.05) is 0 Å². The number of aryl methyl sites for hydroxylation is 1. The number of hydrogen-bond donors (Lipinski definition) is 1. The van der Waals surface area contributed by atoms with Gasteiger partial charge in [-0.25, -0.2) is 0 Å². The van der Waals surface area contributed by atoms with E-state index in [4.69, 9.17) is 17.0 Å². The summed E-state index contributed by atoms with van der Waals surface area (Å²) < 4.78 is 7.74. The monoisotopic (exact) mass is 220 g/mol. The highest BCUT2D eigenvalue weighted by molar-refractivity contribution is 7.71. The lowest BCUT2D eigenvalue weighted by atomic mass is 10.3. The van der Waals surface area contributed by atoms with Gasteiger partial charge >= 0.3 is 0 Å². The van der Waals surface area contributed by atoms with Gasteiger partial charge in [-0.2, -0.15) is 0 Å². The normalized spacial score (nSPS) is 10.3. The molecular weight excluding hydrogens is 208 g/mol. The van der Waals surface area contributed by atoms with Crippen LogP contribution >= 0.6 is 12.2 Å². The molecule has 0 unspecified atom stereocenters. The first-order valence-electron chi connectivity index (χ1n) is 4.63. The van der Waals surface area contributed by atoms with Crippen LogP contribution in [0.25, 0.3) is 5.69 Å². The van der Waals surface area contributed by atoms with Gasteiger partial charge < -0.3 is 9.72 Å². The van der Waals surface area contributed by atoms with Crippen LogP contribution in [0.15, 0.2) is 30.5 Å². The largest absolute Gasteiger partial charge is 0.497 e. The molecule has 0 atom stereocenters. The molecule has 0 aliphatic rings. The predicted molar refractivity (Wildman–Crippen MR) is 62.2 cm³/mol. The van der Waals surface area contributed by atoms with Crippen molar-refractivity contribution >= 4 is 12.2 Å². The van der Waals surface area contributed by atoms with Crippen LogP contribution in [-0.2, 0) is 0 Å². The van der Waals surface area contributed by atoms with Gasteiger partial charge in [0.15, 0.2) is 4.77 Å². The van der Waals surface area contributed by atoms with E-state index in [0.717, 1.165) is 17.1 Å². The summed E-state index contributed by atoms with van der Waals surface area (Å²) in [7, 11) is 1.65. The molecule has 0 amide bonds. The van der Waals surface area contributed by atoms with Crippen molar-refractivity contribution in [3.05, 3.63) is 40.9 Å². The molecule has 1 heterocycles. The molecule has 0 saturated carbocycles. The summed E-state index contributed by atoms with van der Waals surface area (Å²) in [5.41, 5.74) is 2.08. The molecule has 2 aromatic rings. The fourth-order valence-electron chi connectivity index (χ4n) is 1.45. The van der Waals surface area contributed by atoms with Crippen LogP contribution in [0.5, 0.6) is 5.75 Å². The highest BCUT2D eigenvalue weighted by Gasteiger charge is 1.99. The lowest BCUT2D eigenvalue weighted by Gasteiger charge is -2.03. The summed E-state index contributed by atoms with van der Waals surface area (Å²) in [6.45, 7) is 1.98. The average molecular weight is 220 g/mol. The fourth-order valence-corrected chi connectivity index (χ4v) is 1.77. The van der Waals surface area contributed by atoms with E-state index in [2.05, 4.69) is 4.98 Å². The summed E-state index contributed by atoms with van der Waals surface area (Å²) >= 11 is 5.19. The lowest BCUT2D eigenvalue weighted by molar-refractivity contribution is 0.414. The molecule has 0 spiro atoms. The van der Waals surface area contributed by atoms with Gasteiger partial charge in [0.25, 0.3) is 0 Å². The highest BCUT2D eigenvalue weighted by atomic mass is 32.1. The Balaban J connectivity index is 2.45.